The van der Waals surface area contributed by atoms with E-state index < -0.39 is 0 Å². The highest BCUT2D eigenvalue weighted by atomic mass is 14.9. The molecule has 0 amide bonds. The van der Waals surface area contributed by atoms with E-state index in [2.05, 4.69) is 47.8 Å². The first kappa shape index (κ1) is 27.5. The average Bonchev–Trinajstić information content (AvgIpc) is 3.12. The van der Waals surface area contributed by atoms with Gasteiger partial charge in [-0.25, -0.2) is 9.97 Å². The van der Waals surface area contributed by atoms with E-state index in [9.17, 15) is 5.26 Å². The van der Waals surface area contributed by atoms with Gasteiger partial charge in [-0.05, 0) is 47.0 Å². The van der Waals surface area contributed by atoms with Crippen molar-refractivity contribution in [2.75, 3.05) is 0 Å². The van der Waals surface area contributed by atoms with Gasteiger partial charge in [-0.2, -0.15) is 5.26 Å². The fourth-order valence-corrected chi connectivity index (χ4v) is 5.54. The lowest BCUT2D eigenvalue weighted by Gasteiger charge is -2.25. The van der Waals surface area contributed by atoms with Gasteiger partial charge in [0.15, 0.2) is 5.82 Å². The normalized spacial score (nSPS) is 13.1. The molecule has 0 spiro atoms. The predicted molar refractivity (Wildman–Crippen MR) is 183 cm³/mol. The molecule has 0 bridgehead atoms. The van der Waals surface area contributed by atoms with Crippen LogP contribution in [0.1, 0.15) is 27.8 Å². The molecule has 1 aliphatic rings. The van der Waals surface area contributed by atoms with Crippen molar-refractivity contribution in [3.63, 3.8) is 0 Å². The molecular formula is C40H27N5. The Morgan fingerprint density at radius 3 is 1.89 bits per heavy atom. The van der Waals surface area contributed by atoms with Crippen LogP contribution in [0.2, 0.25) is 0 Å². The van der Waals surface area contributed by atoms with Crippen molar-refractivity contribution in [2.24, 2.45) is 0 Å². The molecule has 2 heterocycles. The molecule has 0 fully saturated rings. The largest absolute Gasteiger partial charge is 0.354 e. The Morgan fingerprint density at radius 1 is 0.644 bits per heavy atom. The molecule has 212 valence electrons. The molecule has 6 aromatic rings. The van der Waals surface area contributed by atoms with Crippen LogP contribution in [0.3, 0.4) is 0 Å². The number of nitrogens with zero attached hydrogens (tertiary/aromatic N) is 3. The number of nitrogens with one attached hydrogen (secondary N) is 2. The highest BCUT2D eigenvalue weighted by molar-refractivity contribution is 6.20. The van der Waals surface area contributed by atoms with Crippen LogP contribution >= 0.6 is 0 Å². The Hall–Kier alpha value is -6.38. The molecule has 1 aliphatic heterocycles. The van der Waals surface area contributed by atoms with Gasteiger partial charge in [0.1, 0.15) is 0 Å². The van der Waals surface area contributed by atoms with E-state index in [4.69, 9.17) is 15.4 Å². The van der Waals surface area contributed by atoms with Gasteiger partial charge in [0.25, 0.3) is 0 Å². The Balaban J connectivity index is 1.42. The lowest BCUT2D eigenvalue weighted by Crippen LogP contribution is -2.18. The number of rotatable bonds is 6. The molecule has 0 aliphatic carbocycles. The van der Waals surface area contributed by atoms with Gasteiger partial charge < -0.3 is 10.7 Å². The number of hydrogen-bond acceptors (Lipinski definition) is 5. The maximum absolute atomic E-state index is 9.34. The van der Waals surface area contributed by atoms with E-state index >= 15 is 0 Å². The van der Waals surface area contributed by atoms with E-state index in [1.165, 1.54) is 6.21 Å². The van der Waals surface area contributed by atoms with Crippen molar-refractivity contribution in [2.45, 2.75) is 0 Å². The summed E-state index contributed by atoms with van der Waals surface area (Å²) in [5.41, 5.74) is 11.6. The second-order valence-electron chi connectivity index (χ2n) is 10.7. The smallest absolute Gasteiger partial charge is 0.160 e. The third-order valence-electron chi connectivity index (χ3n) is 7.83. The first-order chi connectivity index (χ1) is 22.2. The number of hydrogen-bond donors (Lipinski definition) is 2. The Morgan fingerprint density at radius 2 is 1.24 bits per heavy atom. The fourth-order valence-electron chi connectivity index (χ4n) is 5.54. The van der Waals surface area contributed by atoms with Gasteiger partial charge in [0, 0.05) is 39.7 Å². The van der Waals surface area contributed by atoms with Gasteiger partial charge in [-0.15, -0.1) is 0 Å². The van der Waals surface area contributed by atoms with Crippen LogP contribution in [0, 0.1) is 16.7 Å². The number of allylic oxidation sites excluding steroid dienone is 1. The molecule has 2 N–H and O–H groups in total. The van der Waals surface area contributed by atoms with Crippen LogP contribution < -0.4 is 5.32 Å². The molecule has 0 saturated carbocycles. The zero-order valence-electron chi connectivity index (χ0n) is 24.3. The van der Waals surface area contributed by atoms with Crippen LogP contribution in [-0.4, -0.2) is 16.2 Å². The molecule has 1 aromatic heterocycles. The summed E-state index contributed by atoms with van der Waals surface area (Å²) in [6.45, 7) is 0. The summed E-state index contributed by atoms with van der Waals surface area (Å²) in [5.74, 6) is 0.663. The lowest BCUT2D eigenvalue weighted by molar-refractivity contribution is 1.18. The zero-order valence-corrected chi connectivity index (χ0v) is 24.3. The van der Waals surface area contributed by atoms with E-state index in [0.717, 1.165) is 67.3 Å². The van der Waals surface area contributed by atoms with Crippen molar-refractivity contribution in [3.05, 3.63) is 167 Å². The molecule has 0 saturated heterocycles. The van der Waals surface area contributed by atoms with Crippen molar-refractivity contribution in [3.8, 4) is 40.0 Å². The summed E-state index contributed by atoms with van der Waals surface area (Å²) in [6, 6.07) is 48.2. The number of fused-ring (bicyclic) bond motifs is 1. The van der Waals surface area contributed by atoms with Crippen LogP contribution in [-0.2, 0) is 0 Å². The number of aromatic nitrogens is 2. The molecule has 0 atom stereocenters. The molecule has 0 radical (unpaired) electrons. The summed E-state index contributed by atoms with van der Waals surface area (Å²) < 4.78 is 0. The van der Waals surface area contributed by atoms with Crippen LogP contribution in [0.5, 0.6) is 0 Å². The van der Waals surface area contributed by atoms with Crippen molar-refractivity contribution < 1.29 is 0 Å². The van der Waals surface area contributed by atoms with E-state index in [1.807, 2.05) is 109 Å². The minimum absolute atomic E-state index is 0.602. The third kappa shape index (κ3) is 5.56. The number of nitriles is 1. The van der Waals surface area contributed by atoms with Crippen molar-refractivity contribution in [1.29, 1.82) is 10.7 Å². The first-order valence-electron chi connectivity index (χ1n) is 14.6. The average molecular weight is 578 g/mol. The quantitative estimate of drug-likeness (QED) is 0.194. The van der Waals surface area contributed by atoms with Crippen LogP contribution in [0.4, 0.5) is 0 Å². The zero-order chi connectivity index (χ0) is 30.6. The van der Waals surface area contributed by atoms with E-state index in [1.54, 1.807) is 0 Å². The fraction of sp³-hybridized carbons (Fsp3) is 0. The van der Waals surface area contributed by atoms with E-state index in [0.29, 0.717) is 11.4 Å². The Bertz CT molecular complexity index is 2070. The molecule has 5 heteroatoms. The van der Waals surface area contributed by atoms with Gasteiger partial charge in [0.05, 0.1) is 28.7 Å². The van der Waals surface area contributed by atoms with Crippen LogP contribution in [0.15, 0.2) is 140 Å². The predicted octanol–water partition coefficient (Wildman–Crippen LogP) is 8.97. The minimum Gasteiger partial charge on any atom is -0.354 e. The Kier molecular flexibility index (Phi) is 7.37. The lowest BCUT2D eigenvalue weighted by atomic mass is 9.90. The summed E-state index contributed by atoms with van der Waals surface area (Å²) >= 11 is 0. The maximum Gasteiger partial charge on any atom is 0.160 e. The van der Waals surface area contributed by atoms with Crippen LogP contribution in [0.25, 0.3) is 56.9 Å². The SMILES string of the molecule is N#Cc1ccc(C2=Cc3cc(-c4cc(-c5ccccc5)nc(-c5ccccc5)n4)ccc3/C(=C(/C=N)c3ccccc3)N2)cc1. The maximum atomic E-state index is 9.34. The van der Waals surface area contributed by atoms with E-state index in [-0.39, 0.29) is 0 Å². The molecule has 5 aromatic carbocycles. The molecular weight excluding hydrogens is 550 g/mol. The van der Waals surface area contributed by atoms with Crippen molar-refractivity contribution >= 4 is 29.3 Å². The minimum atomic E-state index is 0.602. The topological polar surface area (TPSA) is 85.5 Å². The van der Waals surface area contributed by atoms with Gasteiger partial charge in [-0.1, -0.05) is 115 Å². The number of benzene rings is 5. The second-order valence-corrected chi connectivity index (χ2v) is 10.7. The first-order valence-corrected chi connectivity index (χ1v) is 14.6. The third-order valence-corrected chi connectivity index (χ3v) is 7.83. The monoisotopic (exact) mass is 577 g/mol. The molecule has 5 nitrogen and oxygen atoms in total. The molecule has 0 unspecified atom stereocenters. The Labute approximate surface area is 262 Å². The summed E-state index contributed by atoms with van der Waals surface area (Å²) in [4.78, 5) is 9.98. The molecule has 45 heavy (non-hydrogen) atoms. The summed E-state index contributed by atoms with van der Waals surface area (Å²) in [5, 5.41) is 21.3. The van der Waals surface area contributed by atoms with Gasteiger partial charge in [-0.3, -0.25) is 0 Å². The van der Waals surface area contributed by atoms with Gasteiger partial charge in [0.2, 0.25) is 0 Å². The standard InChI is InChI=1S/C40H27N5/c41-25-27-16-18-30(19-17-27)36-23-33-22-32(20-21-34(33)39(43-36)35(26-42)28-10-4-1-5-11-28)38-24-37(29-12-6-2-7-13-29)44-40(45-38)31-14-8-3-9-15-31/h1-24,26,42-43H/b39-35+,42-26?. The van der Waals surface area contributed by atoms with Gasteiger partial charge >= 0.3 is 0 Å². The highest BCUT2D eigenvalue weighted by Gasteiger charge is 2.21. The van der Waals surface area contributed by atoms with Crippen molar-refractivity contribution in [1.82, 2.24) is 15.3 Å². The summed E-state index contributed by atoms with van der Waals surface area (Å²) in [7, 11) is 0. The molecule has 7 rings (SSSR count). The second kappa shape index (κ2) is 12.1. The highest BCUT2D eigenvalue weighted by Crippen LogP contribution is 2.37. The summed E-state index contributed by atoms with van der Waals surface area (Å²) in [6.07, 6.45) is 3.52.